The van der Waals surface area contributed by atoms with Gasteiger partial charge in [0, 0.05) is 26.2 Å². The molecule has 1 aromatic heterocycles. The lowest BCUT2D eigenvalue weighted by molar-refractivity contribution is 0.0519. The number of likely N-dealkylation sites (N-methyl/N-ethyl adjacent to an activating group) is 1. The van der Waals surface area contributed by atoms with Gasteiger partial charge in [-0.2, -0.15) is 5.10 Å². The molecule has 1 aliphatic heterocycles. The summed E-state index contributed by atoms with van der Waals surface area (Å²) in [4.78, 5) is 14.8. The normalized spacial score (nSPS) is 19.7. The van der Waals surface area contributed by atoms with E-state index in [-0.39, 0.29) is 12.0 Å². The zero-order valence-corrected chi connectivity index (χ0v) is 16.1. The van der Waals surface area contributed by atoms with Crippen LogP contribution in [0.15, 0.2) is 30.5 Å². The fraction of sp³-hybridized carbons (Fsp3) is 0.524. The fourth-order valence-corrected chi connectivity index (χ4v) is 4.10. The van der Waals surface area contributed by atoms with Crippen molar-refractivity contribution < 1.29 is 14.3 Å². The maximum Gasteiger partial charge on any atom is 0.257 e. The molecule has 6 nitrogen and oxygen atoms in total. The van der Waals surface area contributed by atoms with Crippen LogP contribution in [0.3, 0.4) is 0 Å². The molecule has 144 valence electrons. The molecule has 1 amide bonds. The Kier molecular flexibility index (Phi) is 5.05. The van der Waals surface area contributed by atoms with E-state index >= 15 is 0 Å². The topological polar surface area (TPSA) is 56.6 Å². The third-order valence-electron chi connectivity index (χ3n) is 5.47. The van der Waals surface area contributed by atoms with Gasteiger partial charge < -0.3 is 14.4 Å². The van der Waals surface area contributed by atoms with Crippen LogP contribution in [0, 0.1) is 0 Å². The summed E-state index contributed by atoms with van der Waals surface area (Å²) in [7, 11) is 3.71. The predicted molar refractivity (Wildman–Crippen MR) is 102 cm³/mol. The van der Waals surface area contributed by atoms with E-state index in [1.54, 1.807) is 9.58 Å². The van der Waals surface area contributed by atoms with Gasteiger partial charge >= 0.3 is 0 Å². The first kappa shape index (κ1) is 17.9. The van der Waals surface area contributed by atoms with Gasteiger partial charge in [0.25, 0.3) is 5.91 Å². The molecule has 1 fully saturated rings. The highest BCUT2D eigenvalue weighted by molar-refractivity contribution is 5.95. The van der Waals surface area contributed by atoms with Gasteiger partial charge in [0.05, 0.1) is 17.8 Å². The average Bonchev–Trinajstić information content (AvgIpc) is 3.09. The van der Waals surface area contributed by atoms with Crippen molar-refractivity contribution in [3.8, 4) is 11.5 Å². The van der Waals surface area contributed by atoms with E-state index in [9.17, 15) is 4.79 Å². The number of aromatic nitrogens is 2. The second-order valence-electron chi connectivity index (χ2n) is 7.62. The summed E-state index contributed by atoms with van der Waals surface area (Å²) in [5.74, 6) is 1.90. The highest BCUT2D eigenvalue weighted by atomic mass is 16.6. The predicted octanol–water partition coefficient (Wildman–Crippen LogP) is 3.38. The summed E-state index contributed by atoms with van der Waals surface area (Å²) in [5.41, 5.74) is 1.68. The number of hydrogen-bond donors (Lipinski definition) is 0. The number of carbonyl (C=O) groups is 1. The Morgan fingerprint density at radius 3 is 2.74 bits per heavy atom. The van der Waals surface area contributed by atoms with Crippen LogP contribution in [0.5, 0.6) is 11.5 Å². The zero-order chi connectivity index (χ0) is 18.8. The molecule has 4 rings (SSSR count). The average molecular weight is 369 g/mol. The van der Waals surface area contributed by atoms with Crippen molar-refractivity contribution >= 4 is 5.91 Å². The molecule has 2 aliphatic rings. The lowest BCUT2D eigenvalue weighted by Crippen LogP contribution is -2.42. The maximum absolute atomic E-state index is 13.1. The second-order valence-corrected chi connectivity index (χ2v) is 7.62. The molecule has 6 heteroatoms. The lowest BCUT2D eigenvalue weighted by atomic mass is 9.85. The first-order valence-corrected chi connectivity index (χ1v) is 9.79. The SMILES string of the molecule is CN(CC1COc2ccccc2O1)C(=O)c1cn(C)nc1C1CCCCC1. The number of rotatable bonds is 4. The molecule has 1 saturated carbocycles. The summed E-state index contributed by atoms with van der Waals surface area (Å²) < 4.78 is 13.5. The van der Waals surface area contributed by atoms with Gasteiger partial charge in [-0.1, -0.05) is 31.4 Å². The van der Waals surface area contributed by atoms with Gasteiger partial charge in [0.2, 0.25) is 0 Å². The van der Waals surface area contributed by atoms with Crippen molar-refractivity contribution in [3.05, 3.63) is 41.7 Å². The molecule has 2 aromatic rings. The van der Waals surface area contributed by atoms with E-state index in [2.05, 4.69) is 5.10 Å². The van der Waals surface area contributed by atoms with Crippen molar-refractivity contribution in [2.75, 3.05) is 20.2 Å². The van der Waals surface area contributed by atoms with Crippen LogP contribution in [0.4, 0.5) is 0 Å². The third kappa shape index (κ3) is 3.80. The molecular formula is C21H27N3O3. The van der Waals surface area contributed by atoms with Crippen molar-refractivity contribution in [3.63, 3.8) is 0 Å². The molecule has 0 radical (unpaired) electrons. The van der Waals surface area contributed by atoms with Gasteiger partial charge in [0.1, 0.15) is 6.61 Å². The molecule has 27 heavy (non-hydrogen) atoms. The van der Waals surface area contributed by atoms with Gasteiger partial charge in [-0.3, -0.25) is 9.48 Å². The minimum atomic E-state index is -0.177. The van der Waals surface area contributed by atoms with E-state index in [0.717, 1.165) is 35.6 Å². The van der Waals surface area contributed by atoms with Crippen LogP contribution < -0.4 is 9.47 Å². The molecule has 1 atom stereocenters. The molecular weight excluding hydrogens is 342 g/mol. The van der Waals surface area contributed by atoms with E-state index in [0.29, 0.717) is 19.1 Å². The standard InChI is InChI=1S/C21H27N3O3/c1-23(12-16-14-26-18-10-6-7-11-19(18)27-16)21(25)17-13-24(2)22-20(17)15-8-4-3-5-9-15/h6-7,10-11,13,15-16H,3-5,8-9,12,14H2,1-2H3. The largest absolute Gasteiger partial charge is 0.486 e. The van der Waals surface area contributed by atoms with E-state index in [1.807, 2.05) is 44.6 Å². The van der Waals surface area contributed by atoms with Crippen LogP contribution in [-0.2, 0) is 7.05 Å². The summed E-state index contributed by atoms with van der Waals surface area (Å²) in [6.45, 7) is 0.920. The van der Waals surface area contributed by atoms with Gasteiger partial charge in [-0.15, -0.1) is 0 Å². The number of fused-ring (bicyclic) bond motifs is 1. The highest BCUT2D eigenvalue weighted by Crippen LogP contribution is 2.34. The van der Waals surface area contributed by atoms with Crippen molar-refractivity contribution in [1.29, 1.82) is 0 Å². The Balaban J connectivity index is 1.45. The number of nitrogens with zero attached hydrogens (tertiary/aromatic N) is 3. The number of hydrogen-bond acceptors (Lipinski definition) is 4. The Morgan fingerprint density at radius 2 is 1.96 bits per heavy atom. The quantitative estimate of drug-likeness (QED) is 0.829. The molecule has 1 unspecified atom stereocenters. The zero-order valence-electron chi connectivity index (χ0n) is 16.1. The summed E-state index contributed by atoms with van der Waals surface area (Å²) in [6.07, 6.45) is 7.65. The van der Waals surface area contributed by atoms with Crippen LogP contribution in [0.25, 0.3) is 0 Å². The van der Waals surface area contributed by atoms with Gasteiger partial charge in [-0.25, -0.2) is 0 Å². The maximum atomic E-state index is 13.1. The first-order valence-electron chi connectivity index (χ1n) is 9.79. The Bertz CT molecular complexity index is 811. The van der Waals surface area contributed by atoms with E-state index < -0.39 is 0 Å². The second kappa shape index (κ2) is 7.62. The fourth-order valence-electron chi connectivity index (χ4n) is 4.10. The van der Waals surface area contributed by atoms with Gasteiger partial charge in [-0.05, 0) is 25.0 Å². The minimum Gasteiger partial charge on any atom is -0.486 e. The number of ether oxygens (including phenoxy) is 2. The van der Waals surface area contributed by atoms with E-state index in [4.69, 9.17) is 9.47 Å². The molecule has 1 aliphatic carbocycles. The van der Waals surface area contributed by atoms with E-state index in [1.165, 1.54) is 19.3 Å². The number of aryl methyl sites for hydroxylation is 1. The van der Waals surface area contributed by atoms with Crippen LogP contribution in [0.1, 0.15) is 54.1 Å². The Hall–Kier alpha value is -2.50. The molecule has 0 spiro atoms. The highest BCUT2D eigenvalue weighted by Gasteiger charge is 2.29. The number of amides is 1. The van der Waals surface area contributed by atoms with Crippen molar-refractivity contribution in [2.24, 2.45) is 7.05 Å². The molecule has 2 heterocycles. The molecule has 0 bridgehead atoms. The molecule has 1 aromatic carbocycles. The Labute approximate surface area is 160 Å². The number of benzene rings is 1. The molecule has 0 N–H and O–H groups in total. The third-order valence-corrected chi connectivity index (χ3v) is 5.47. The van der Waals surface area contributed by atoms with Crippen LogP contribution in [-0.4, -0.2) is 46.9 Å². The summed E-state index contributed by atoms with van der Waals surface area (Å²) >= 11 is 0. The number of carbonyl (C=O) groups excluding carboxylic acids is 1. The first-order chi connectivity index (χ1) is 13.1. The summed E-state index contributed by atoms with van der Waals surface area (Å²) in [6, 6.07) is 7.64. The van der Waals surface area contributed by atoms with Crippen LogP contribution >= 0.6 is 0 Å². The van der Waals surface area contributed by atoms with Crippen LogP contribution in [0.2, 0.25) is 0 Å². The number of para-hydroxylation sites is 2. The van der Waals surface area contributed by atoms with Crippen molar-refractivity contribution in [2.45, 2.75) is 44.1 Å². The lowest BCUT2D eigenvalue weighted by Gasteiger charge is -2.30. The van der Waals surface area contributed by atoms with Crippen molar-refractivity contribution in [1.82, 2.24) is 14.7 Å². The Morgan fingerprint density at radius 1 is 1.22 bits per heavy atom. The van der Waals surface area contributed by atoms with Gasteiger partial charge in [0.15, 0.2) is 17.6 Å². The summed E-state index contributed by atoms with van der Waals surface area (Å²) in [5, 5.41) is 4.63. The minimum absolute atomic E-state index is 0.00568. The smallest absolute Gasteiger partial charge is 0.257 e. The monoisotopic (exact) mass is 369 g/mol. The molecule has 0 saturated heterocycles.